The van der Waals surface area contributed by atoms with E-state index in [2.05, 4.69) is 9.38 Å². The third-order valence-corrected chi connectivity index (χ3v) is 4.55. The number of anilines is 2. The molecule has 0 unspecified atom stereocenters. The molecule has 0 fully saturated rings. The van der Waals surface area contributed by atoms with Crippen molar-refractivity contribution in [3.63, 3.8) is 0 Å². The van der Waals surface area contributed by atoms with E-state index in [4.69, 9.17) is 0 Å². The molecule has 0 saturated heterocycles. The van der Waals surface area contributed by atoms with E-state index < -0.39 is 14.9 Å². The number of amidine groups is 1. The summed E-state index contributed by atoms with van der Waals surface area (Å²) in [5.74, 6) is 0.257. The Kier molecular flexibility index (Phi) is 3.14. The lowest BCUT2D eigenvalue weighted by atomic mass is 10.2. The zero-order valence-electron chi connectivity index (χ0n) is 11.4. The number of hydrogen-bond donors (Lipinski definition) is 0. The quantitative estimate of drug-likeness (QED) is 0.621. The lowest BCUT2D eigenvalue weighted by Gasteiger charge is -2.28. The second kappa shape index (κ2) is 4.88. The van der Waals surface area contributed by atoms with E-state index in [1.54, 1.807) is 30.0 Å². The van der Waals surface area contributed by atoms with E-state index in [0.717, 1.165) is 0 Å². The molecule has 0 bridgehead atoms. The molecular formula is C13H10N4O4S. The molecular weight excluding hydrogens is 308 g/mol. The second-order valence-electron chi connectivity index (χ2n) is 4.57. The number of aromatic nitrogens is 1. The van der Waals surface area contributed by atoms with Gasteiger partial charge in [-0.25, -0.2) is 0 Å². The molecule has 3 rings (SSSR count). The number of benzene rings is 1. The van der Waals surface area contributed by atoms with Crippen molar-refractivity contribution >= 4 is 32.9 Å². The van der Waals surface area contributed by atoms with Crippen LogP contribution in [0.3, 0.4) is 0 Å². The fourth-order valence-corrected chi connectivity index (χ4v) is 3.39. The van der Waals surface area contributed by atoms with Crippen LogP contribution in [-0.2, 0) is 10.0 Å². The fourth-order valence-electron chi connectivity index (χ4n) is 2.24. The maximum absolute atomic E-state index is 12.1. The number of hydrogen-bond acceptors (Lipinski definition) is 6. The Labute approximate surface area is 126 Å². The summed E-state index contributed by atoms with van der Waals surface area (Å²) in [4.78, 5) is 15.7. The van der Waals surface area contributed by atoms with Crippen LogP contribution in [0, 0.1) is 10.1 Å². The van der Waals surface area contributed by atoms with E-state index in [0.29, 0.717) is 11.4 Å². The van der Waals surface area contributed by atoms with Crippen LogP contribution in [0.1, 0.15) is 6.92 Å². The molecule has 0 radical (unpaired) electrons. The summed E-state index contributed by atoms with van der Waals surface area (Å²) in [6.07, 6.45) is 2.71. The number of sulfonamides is 1. The summed E-state index contributed by atoms with van der Waals surface area (Å²) < 4.78 is 27.8. The van der Waals surface area contributed by atoms with Gasteiger partial charge in [-0.15, -0.1) is 4.40 Å². The van der Waals surface area contributed by atoms with Gasteiger partial charge in [0.15, 0.2) is 0 Å². The van der Waals surface area contributed by atoms with Crippen molar-refractivity contribution in [2.45, 2.75) is 11.8 Å². The fraction of sp³-hybridized carbons (Fsp3) is 0.0769. The first-order valence-electron chi connectivity index (χ1n) is 6.20. The van der Waals surface area contributed by atoms with E-state index in [1.807, 2.05) is 0 Å². The molecule has 112 valence electrons. The van der Waals surface area contributed by atoms with Crippen LogP contribution >= 0.6 is 0 Å². The highest BCUT2D eigenvalue weighted by atomic mass is 32.2. The van der Waals surface area contributed by atoms with Crippen molar-refractivity contribution in [1.29, 1.82) is 0 Å². The Hall–Kier alpha value is -2.81. The smallest absolute Gasteiger partial charge is 0.287 e. The van der Waals surface area contributed by atoms with E-state index in [9.17, 15) is 18.5 Å². The zero-order chi connectivity index (χ0) is 15.9. The van der Waals surface area contributed by atoms with Gasteiger partial charge >= 0.3 is 0 Å². The third-order valence-electron chi connectivity index (χ3n) is 3.18. The van der Waals surface area contributed by atoms with Gasteiger partial charge in [-0.05, 0) is 25.1 Å². The van der Waals surface area contributed by atoms with Crippen molar-refractivity contribution in [2.75, 3.05) is 4.90 Å². The summed E-state index contributed by atoms with van der Waals surface area (Å²) >= 11 is 0. The van der Waals surface area contributed by atoms with Gasteiger partial charge in [0.2, 0.25) is 0 Å². The van der Waals surface area contributed by atoms with Crippen LogP contribution in [0.25, 0.3) is 0 Å². The number of pyridine rings is 1. The first-order valence-corrected chi connectivity index (χ1v) is 7.64. The Morgan fingerprint density at radius 3 is 2.50 bits per heavy atom. The SMILES string of the molecule is CC1=NS(=O)(=O)c2cnccc2N1c1ccc([N+](=O)[O-])cc1. The highest BCUT2D eigenvalue weighted by Gasteiger charge is 2.30. The first kappa shape index (κ1) is 14.1. The molecule has 9 heteroatoms. The normalized spacial score (nSPS) is 15.9. The van der Waals surface area contributed by atoms with Crippen molar-refractivity contribution in [2.24, 2.45) is 4.40 Å². The minimum atomic E-state index is -3.78. The molecule has 8 nitrogen and oxygen atoms in total. The lowest BCUT2D eigenvalue weighted by Crippen LogP contribution is -2.29. The Balaban J connectivity index is 2.16. The largest absolute Gasteiger partial charge is 0.297 e. The number of nitro benzene ring substituents is 1. The van der Waals surface area contributed by atoms with Gasteiger partial charge in [0.1, 0.15) is 10.7 Å². The monoisotopic (exact) mass is 318 g/mol. The number of nitro groups is 1. The number of rotatable bonds is 2. The summed E-state index contributed by atoms with van der Waals surface area (Å²) in [6.45, 7) is 1.56. The predicted molar refractivity (Wildman–Crippen MR) is 79.8 cm³/mol. The van der Waals surface area contributed by atoms with Gasteiger partial charge in [0.25, 0.3) is 15.7 Å². The van der Waals surface area contributed by atoms with Gasteiger partial charge in [0.05, 0.1) is 10.6 Å². The van der Waals surface area contributed by atoms with E-state index in [1.165, 1.54) is 24.5 Å². The maximum atomic E-state index is 12.1. The average molecular weight is 318 g/mol. The molecule has 0 N–H and O–H groups in total. The van der Waals surface area contributed by atoms with Crippen LogP contribution in [-0.4, -0.2) is 24.2 Å². The average Bonchev–Trinajstić information content (AvgIpc) is 2.47. The van der Waals surface area contributed by atoms with Crippen molar-refractivity contribution in [3.05, 3.63) is 52.8 Å². The summed E-state index contributed by atoms with van der Waals surface area (Å²) in [6, 6.07) is 7.35. The van der Waals surface area contributed by atoms with Crippen LogP contribution in [0.15, 0.2) is 52.0 Å². The molecule has 2 aromatic rings. The Morgan fingerprint density at radius 1 is 1.18 bits per heavy atom. The minimum Gasteiger partial charge on any atom is -0.297 e. The van der Waals surface area contributed by atoms with Crippen molar-refractivity contribution < 1.29 is 13.3 Å². The topological polar surface area (TPSA) is 106 Å². The van der Waals surface area contributed by atoms with Crippen LogP contribution < -0.4 is 4.90 Å². The molecule has 0 spiro atoms. The summed E-state index contributed by atoms with van der Waals surface area (Å²) in [7, 11) is -3.78. The van der Waals surface area contributed by atoms with Crippen molar-refractivity contribution in [1.82, 2.24) is 4.98 Å². The van der Waals surface area contributed by atoms with Gasteiger partial charge < -0.3 is 0 Å². The van der Waals surface area contributed by atoms with Gasteiger partial charge in [-0.3, -0.25) is 20.0 Å². The molecule has 1 aromatic carbocycles. The van der Waals surface area contributed by atoms with Crippen LogP contribution in [0.4, 0.5) is 17.1 Å². The molecule has 1 aliphatic rings. The third kappa shape index (κ3) is 2.21. The molecule has 22 heavy (non-hydrogen) atoms. The molecule has 1 aliphatic heterocycles. The standard InChI is InChI=1S/C13H10N4O4S/c1-9-15-22(20,21)13-8-14-7-6-12(13)16(9)10-2-4-11(5-3-10)17(18)19/h2-8H,1H3. The van der Waals surface area contributed by atoms with E-state index >= 15 is 0 Å². The van der Waals surface area contributed by atoms with Crippen molar-refractivity contribution in [3.8, 4) is 0 Å². The zero-order valence-corrected chi connectivity index (χ0v) is 12.2. The predicted octanol–water partition coefficient (Wildman–Crippen LogP) is 2.25. The summed E-state index contributed by atoms with van der Waals surface area (Å²) in [5, 5.41) is 10.7. The maximum Gasteiger partial charge on any atom is 0.287 e. The Morgan fingerprint density at radius 2 is 1.86 bits per heavy atom. The molecule has 1 aromatic heterocycles. The Bertz CT molecular complexity index is 891. The number of non-ortho nitro benzene ring substituents is 1. The van der Waals surface area contributed by atoms with Gasteiger partial charge in [0, 0.05) is 30.2 Å². The molecule has 0 atom stereocenters. The molecule has 2 heterocycles. The van der Waals surface area contributed by atoms with E-state index in [-0.39, 0.29) is 16.4 Å². The van der Waals surface area contributed by atoms with Crippen LogP contribution in [0.5, 0.6) is 0 Å². The first-order chi connectivity index (χ1) is 10.4. The number of nitrogens with zero attached hydrogens (tertiary/aromatic N) is 4. The van der Waals surface area contributed by atoms with Crippen LogP contribution in [0.2, 0.25) is 0 Å². The highest BCUT2D eigenvalue weighted by molar-refractivity contribution is 7.90. The summed E-state index contributed by atoms with van der Waals surface area (Å²) in [5.41, 5.74) is 0.948. The lowest BCUT2D eigenvalue weighted by molar-refractivity contribution is -0.384. The molecule has 0 aliphatic carbocycles. The molecule has 0 saturated carbocycles. The minimum absolute atomic E-state index is 0.000970. The highest BCUT2D eigenvalue weighted by Crippen LogP contribution is 2.36. The molecule has 0 amide bonds. The van der Waals surface area contributed by atoms with Gasteiger partial charge in [-0.2, -0.15) is 8.42 Å². The van der Waals surface area contributed by atoms with Gasteiger partial charge in [-0.1, -0.05) is 0 Å². The second-order valence-corrected chi connectivity index (χ2v) is 6.14. The number of fused-ring (bicyclic) bond motifs is 1.